The number of hydrogen-bond donors (Lipinski definition) is 1. The lowest BCUT2D eigenvalue weighted by Gasteiger charge is -1.89. The Labute approximate surface area is 50.0 Å². The molecule has 1 aromatic rings. The first-order valence-corrected chi connectivity index (χ1v) is 2.46. The van der Waals surface area contributed by atoms with Crippen molar-refractivity contribution in [3.05, 3.63) is 35.9 Å². The first-order valence-electron chi connectivity index (χ1n) is 3.03. The Kier molecular flexibility index (Phi) is 1.27. The van der Waals surface area contributed by atoms with E-state index >= 15 is 0 Å². The number of benzene rings is 1. The van der Waals surface area contributed by atoms with E-state index in [9.17, 15) is 0 Å². The minimum atomic E-state index is -1.09. The molecule has 0 amide bonds. The molecule has 1 unspecified atom stereocenters. The van der Waals surface area contributed by atoms with E-state index in [0.29, 0.717) is 5.56 Å². The van der Waals surface area contributed by atoms with Gasteiger partial charge < -0.3 is 5.11 Å². The van der Waals surface area contributed by atoms with Gasteiger partial charge in [-0.05, 0) is 5.56 Å². The molecule has 0 heterocycles. The van der Waals surface area contributed by atoms with E-state index in [2.05, 4.69) is 0 Å². The summed E-state index contributed by atoms with van der Waals surface area (Å²) >= 11 is 0. The molecule has 0 aromatic heterocycles. The summed E-state index contributed by atoms with van der Waals surface area (Å²) in [6, 6.07) is 8.89. The van der Waals surface area contributed by atoms with Gasteiger partial charge in [0.25, 0.3) is 0 Å². The molecule has 0 aliphatic heterocycles. The monoisotopic (exact) mass is 110 g/mol. The first-order chi connectivity index (χ1) is 4.30. The van der Waals surface area contributed by atoms with Crippen molar-refractivity contribution in [2.75, 3.05) is 0 Å². The molecular formula is C7H8O. The largest absolute Gasteiger partial charge is 0.392 e. The van der Waals surface area contributed by atoms with Crippen LogP contribution in [0.1, 0.15) is 6.93 Å². The maximum absolute atomic E-state index is 8.69. The van der Waals surface area contributed by atoms with Crippen LogP contribution in [0.3, 0.4) is 0 Å². The maximum Gasteiger partial charge on any atom is 0.0681 e. The summed E-state index contributed by atoms with van der Waals surface area (Å²) in [4.78, 5) is 0. The summed E-state index contributed by atoms with van der Waals surface area (Å²) in [6.45, 7) is -1.09. The summed E-state index contributed by atoms with van der Waals surface area (Å²) in [6.07, 6.45) is 0. The average Bonchev–Trinajstić information content (AvgIpc) is 1.90. The molecule has 0 radical (unpaired) electrons. The molecule has 1 aromatic carbocycles. The van der Waals surface area contributed by atoms with E-state index in [1.54, 1.807) is 24.3 Å². The summed E-state index contributed by atoms with van der Waals surface area (Å²) in [7, 11) is 0. The number of aliphatic hydroxyl groups excluding tert-OH is 1. The van der Waals surface area contributed by atoms with Crippen LogP contribution >= 0.6 is 0 Å². The van der Waals surface area contributed by atoms with Crippen LogP contribution in [-0.4, -0.2) is 5.11 Å². The fourth-order valence-corrected chi connectivity index (χ4v) is 0.539. The zero-order chi connectivity index (χ0) is 6.69. The molecule has 42 valence electrons. The summed E-state index contributed by atoms with van der Waals surface area (Å²) in [5.41, 5.74) is 0.637. The van der Waals surface area contributed by atoms with Gasteiger partial charge in [0.2, 0.25) is 0 Å². The lowest BCUT2D eigenvalue weighted by Crippen LogP contribution is -1.77. The fourth-order valence-electron chi connectivity index (χ4n) is 0.539. The van der Waals surface area contributed by atoms with E-state index in [-0.39, 0.29) is 0 Å². The summed E-state index contributed by atoms with van der Waals surface area (Å²) in [5.74, 6) is 0. The van der Waals surface area contributed by atoms with Crippen molar-refractivity contribution in [2.24, 2.45) is 0 Å². The van der Waals surface area contributed by atoms with Crippen molar-refractivity contribution in [2.45, 2.75) is 6.58 Å². The van der Waals surface area contributed by atoms with E-state index in [1.807, 2.05) is 6.07 Å². The van der Waals surface area contributed by atoms with Crippen molar-refractivity contribution in [3.63, 3.8) is 0 Å². The molecule has 1 heteroatoms. The zero-order valence-electron chi connectivity index (χ0n) is 5.41. The van der Waals surface area contributed by atoms with Gasteiger partial charge in [-0.15, -0.1) is 0 Å². The second-order valence-corrected chi connectivity index (χ2v) is 1.54. The Bertz CT molecular complexity index is 172. The maximum atomic E-state index is 8.69. The van der Waals surface area contributed by atoms with Gasteiger partial charge in [-0.3, -0.25) is 0 Å². The number of hydrogen-bond acceptors (Lipinski definition) is 1. The Hall–Kier alpha value is -0.820. The minimum absolute atomic E-state index is 0.637. The van der Waals surface area contributed by atoms with Crippen molar-refractivity contribution in [1.29, 1.82) is 0 Å². The SMILES string of the molecule is [3H]C(O)c1ccccc1. The van der Waals surface area contributed by atoms with Crippen molar-refractivity contribution in [1.82, 2.24) is 0 Å². The van der Waals surface area contributed by atoms with Crippen LogP contribution in [0, 0.1) is 0 Å². The Morgan fingerprint density at radius 2 is 2.00 bits per heavy atom. The highest BCUT2D eigenvalue weighted by atomic mass is 16.3. The van der Waals surface area contributed by atoms with E-state index in [0.717, 1.165) is 0 Å². The highest BCUT2D eigenvalue weighted by molar-refractivity contribution is 5.12. The average molecular weight is 110 g/mol. The van der Waals surface area contributed by atoms with Gasteiger partial charge in [0.15, 0.2) is 0 Å². The predicted octanol–water partition coefficient (Wildman–Crippen LogP) is 1.18. The van der Waals surface area contributed by atoms with Crippen LogP contribution in [0.2, 0.25) is 0 Å². The van der Waals surface area contributed by atoms with E-state index in [1.165, 1.54) is 0 Å². The van der Waals surface area contributed by atoms with E-state index < -0.39 is 6.58 Å². The van der Waals surface area contributed by atoms with Crippen molar-refractivity contribution >= 4 is 0 Å². The van der Waals surface area contributed by atoms with Crippen LogP contribution in [-0.2, 0) is 6.58 Å². The molecule has 1 N–H and O–H groups in total. The van der Waals surface area contributed by atoms with Crippen LogP contribution < -0.4 is 0 Å². The zero-order valence-corrected chi connectivity index (χ0v) is 4.41. The van der Waals surface area contributed by atoms with Gasteiger partial charge in [-0.1, -0.05) is 30.3 Å². The van der Waals surface area contributed by atoms with Crippen LogP contribution in [0.25, 0.3) is 0 Å². The standard InChI is InChI=1S/C7H8O/c8-6-7-4-2-1-3-5-7/h1-5,8H,6H2/i6T. The smallest absolute Gasteiger partial charge is 0.0681 e. The summed E-state index contributed by atoms with van der Waals surface area (Å²) in [5, 5.41) is 8.69. The Morgan fingerprint density at radius 3 is 2.38 bits per heavy atom. The lowest BCUT2D eigenvalue weighted by atomic mass is 10.2. The van der Waals surface area contributed by atoms with Gasteiger partial charge in [0.1, 0.15) is 0 Å². The molecule has 0 fully saturated rings. The molecule has 0 saturated carbocycles. The molecular weight excluding hydrogens is 100 g/mol. The normalized spacial score (nSPS) is 14.9. The predicted molar refractivity (Wildman–Crippen MR) is 32.4 cm³/mol. The Balaban J connectivity index is 2.85. The van der Waals surface area contributed by atoms with Crippen molar-refractivity contribution in [3.8, 4) is 0 Å². The highest BCUT2D eigenvalue weighted by Crippen LogP contribution is 1.95. The van der Waals surface area contributed by atoms with Crippen LogP contribution in [0.15, 0.2) is 30.3 Å². The van der Waals surface area contributed by atoms with Gasteiger partial charge >= 0.3 is 0 Å². The third-order valence-corrected chi connectivity index (χ3v) is 0.949. The molecule has 1 atom stereocenters. The molecule has 0 spiro atoms. The van der Waals surface area contributed by atoms with Gasteiger partial charge in [0, 0.05) is 0 Å². The third kappa shape index (κ3) is 1.07. The van der Waals surface area contributed by atoms with Gasteiger partial charge in [-0.25, -0.2) is 0 Å². The molecule has 0 aliphatic carbocycles. The molecule has 0 bridgehead atoms. The van der Waals surface area contributed by atoms with Crippen LogP contribution in [0.5, 0.6) is 0 Å². The third-order valence-electron chi connectivity index (χ3n) is 0.949. The second-order valence-electron chi connectivity index (χ2n) is 1.54. The number of aliphatic hydroxyl groups is 1. The second kappa shape index (κ2) is 2.48. The van der Waals surface area contributed by atoms with Crippen LogP contribution in [0.4, 0.5) is 0 Å². The van der Waals surface area contributed by atoms with E-state index in [4.69, 9.17) is 6.48 Å². The minimum Gasteiger partial charge on any atom is -0.392 e. The highest BCUT2D eigenvalue weighted by Gasteiger charge is 1.81. The molecule has 1 nitrogen and oxygen atoms in total. The summed E-state index contributed by atoms with van der Waals surface area (Å²) < 4.78 is 6.87. The van der Waals surface area contributed by atoms with Crippen molar-refractivity contribution < 1.29 is 6.48 Å². The molecule has 8 heavy (non-hydrogen) atoms. The topological polar surface area (TPSA) is 20.2 Å². The lowest BCUT2D eigenvalue weighted by molar-refractivity contribution is 0.282. The molecule has 0 aliphatic rings. The quantitative estimate of drug-likeness (QED) is 0.575. The fraction of sp³-hybridized carbons (Fsp3) is 0.143. The number of rotatable bonds is 1. The molecule has 1 rings (SSSR count). The first kappa shape index (κ1) is 4.10. The van der Waals surface area contributed by atoms with Gasteiger partial charge in [-0.2, -0.15) is 0 Å². The molecule has 0 saturated heterocycles. The van der Waals surface area contributed by atoms with Gasteiger partial charge in [0.05, 0.1) is 7.95 Å². The Morgan fingerprint density at radius 1 is 1.38 bits per heavy atom.